The zero-order valence-corrected chi connectivity index (χ0v) is 11.3. The van der Waals surface area contributed by atoms with E-state index in [1.165, 1.54) is 19.3 Å². The summed E-state index contributed by atoms with van der Waals surface area (Å²) in [5.74, 6) is 0. The van der Waals surface area contributed by atoms with Crippen molar-refractivity contribution >= 4 is 6.03 Å². The first-order valence-electron chi connectivity index (χ1n) is 7.08. The number of nitrogens with one attached hydrogen (secondary N) is 2. The highest BCUT2D eigenvalue weighted by Gasteiger charge is 2.21. The maximum atomic E-state index is 12.0. The van der Waals surface area contributed by atoms with Crippen molar-refractivity contribution in [3.63, 3.8) is 0 Å². The lowest BCUT2D eigenvalue weighted by Gasteiger charge is -2.30. The summed E-state index contributed by atoms with van der Waals surface area (Å²) in [5.41, 5.74) is 0. The number of ether oxygens (including phenoxy) is 1. The first-order valence-corrected chi connectivity index (χ1v) is 7.08. The summed E-state index contributed by atoms with van der Waals surface area (Å²) < 4.78 is 5.39. The zero-order chi connectivity index (χ0) is 12.8. The molecule has 5 nitrogen and oxygen atoms in total. The molecule has 2 N–H and O–H groups in total. The fourth-order valence-electron chi connectivity index (χ4n) is 2.68. The van der Waals surface area contributed by atoms with Gasteiger partial charge < -0.3 is 20.3 Å². The fourth-order valence-corrected chi connectivity index (χ4v) is 2.68. The number of nitrogens with zero attached hydrogens (tertiary/aromatic N) is 1. The van der Waals surface area contributed by atoms with Crippen LogP contribution in [-0.4, -0.2) is 56.4 Å². The van der Waals surface area contributed by atoms with Gasteiger partial charge in [-0.3, -0.25) is 0 Å². The largest absolute Gasteiger partial charge is 0.378 e. The Labute approximate surface area is 109 Å². The molecule has 104 valence electrons. The lowest BCUT2D eigenvalue weighted by atomic mass is 9.96. The number of hydrogen-bond acceptors (Lipinski definition) is 3. The van der Waals surface area contributed by atoms with Gasteiger partial charge in [0.2, 0.25) is 0 Å². The van der Waals surface area contributed by atoms with Crippen molar-refractivity contribution in [2.24, 2.45) is 0 Å². The quantitative estimate of drug-likeness (QED) is 0.789. The van der Waals surface area contributed by atoms with Gasteiger partial charge in [-0.05, 0) is 12.8 Å². The van der Waals surface area contributed by atoms with Crippen molar-refractivity contribution in [3.05, 3.63) is 0 Å². The number of amides is 2. The number of rotatable bonds is 3. The van der Waals surface area contributed by atoms with Crippen molar-refractivity contribution in [3.8, 4) is 0 Å². The Hall–Kier alpha value is -0.810. The second-order valence-electron chi connectivity index (χ2n) is 5.39. The van der Waals surface area contributed by atoms with E-state index in [1.807, 2.05) is 7.05 Å². The minimum Gasteiger partial charge on any atom is -0.378 e. The van der Waals surface area contributed by atoms with Gasteiger partial charge in [0.05, 0.1) is 13.2 Å². The van der Waals surface area contributed by atoms with Crippen LogP contribution < -0.4 is 10.6 Å². The minimum absolute atomic E-state index is 0.0503. The van der Waals surface area contributed by atoms with Crippen LogP contribution in [0.2, 0.25) is 0 Å². The highest BCUT2D eigenvalue weighted by molar-refractivity contribution is 5.74. The summed E-state index contributed by atoms with van der Waals surface area (Å²) in [5, 5.41) is 6.49. The molecule has 2 aliphatic rings. The van der Waals surface area contributed by atoms with E-state index >= 15 is 0 Å². The molecular weight excluding hydrogens is 230 g/mol. The Morgan fingerprint density at radius 1 is 1.39 bits per heavy atom. The second kappa shape index (κ2) is 6.95. The lowest BCUT2D eigenvalue weighted by molar-refractivity contribution is 0.0681. The lowest BCUT2D eigenvalue weighted by Crippen LogP contribution is -2.52. The molecule has 0 bridgehead atoms. The van der Waals surface area contributed by atoms with Crippen LogP contribution in [0.1, 0.15) is 32.1 Å². The normalized spacial score (nSPS) is 25.7. The molecule has 0 aromatic rings. The van der Waals surface area contributed by atoms with Crippen LogP contribution in [0.4, 0.5) is 4.79 Å². The Morgan fingerprint density at radius 2 is 2.17 bits per heavy atom. The summed E-state index contributed by atoms with van der Waals surface area (Å²) in [6.45, 7) is 3.05. The Bertz CT molecular complexity index is 261. The highest BCUT2D eigenvalue weighted by Crippen LogP contribution is 2.17. The summed E-state index contributed by atoms with van der Waals surface area (Å²) in [6, 6.07) is 0.694. The molecule has 0 aromatic carbocycles. The molecule has 2 amide bonds. The number of morpholine rings is 1. The predicted octanol–water partition coefficient (Wildman–Crippen LogP) is 0.949. The summed E-state index contributed by atoms with van der Waals surface area (Å²) in [6.07, 6.45) is 6.06. The van der Waals surface area contributed by atoms with E-state index in [9.17, 15) is 4.79 Å². The van der Waals surface area contributed by atoms with Crippen LogP contribution >= 0.6 is 0 Å². The van der Waals surface area contributed by atoms with Gasteiger partial charge in [-0.15, -0.1) is 0 Å². The number of urea groups is 1. The smallest absolute Gasteiger partial charge is 0.317 e. The molecule has 0 aromatic heterocycles. The standard InChI is InChI=1S/C13H25N3O2/c1-16(9-12-10-18-8-7-14-12)13(17)15-11-5-3-2-4-6-11/h11-12,14H,2-10H2,1H3,(H,15,17). The van der Waals surface area contributed by atoms with Gasteiger partial charge in [0.15, 0.2) is 0 Å². The van der Waals surface area contributed by atoms with Crippen LogP contribution in [0.25, 0.3) is 0 Å². The van der Waals surface area contributed by atoms with Crippen LogP contribution in [-0.2, 0) is 4.74 Å². The van der Waals surface area contributed by atoms with Gasteiger partial charge in [0.25, 0.3) is 0 Å². The maximum absolute atomic E-state index is 12.0. The van der Waals surface area contributed by atoms with Gasteiger partial charge in [0, 0.05) is 32.2 Å². The molecule has 1 aliphatic carbocycles. The predicted molar refractivity (Wildman–Crippen MR) is 70.6 cm³/mol. The molecule has 18 heavy (non-hydrogen) atoms. The van der Waals surface area contributed by atoms with Gasteiger partial charge in [-0.2, -0.15) is 0 Å². The third kappa shape index (κ3) is 4.14. The third-order valence-electron chi connectivity index (χ3n) is 3.77. The molecule has 1 saturated carbocycles. The van der Waals surface area contributed by atoms with E-state index in [4.69, 9.17) is 4.74 Å². The molecule has 0 radical (unpaired) electrons. The number of hydrogen-bond donors (Lipinski definition) is 2. The SMILES string of the molecule is CN(CC1COCCN1)C(=O)NC1CCCCC1. The van der Waals surface area contributed by atoms with Gasteiger partial charge in [-0.25, -0.2) is 4.79 Å². The highest BCUT2D eigenvalue weighted by atomic mass is 16.5. The summed E-state index contributed by atoms with van der Waals surface area (Å²) in [4.78, 5) is 13.8. The molecule has 2 rings (SSSR count). The van der Waals surface area contributed by atoms with Crippen LogP contribution in [0, 0.1) is 0 Å². The van der Waals surface area contributed by atoms with Gasteiger partial charge in [-0.1, -0.05) is 19.3 Å². The van der Waals surface area contributed by atoms with Crippen LogP contribution in [0.5, 0.6) is 0 Å². The van der Waals surface area contributed by atoms with Crippen molar-refractivity contribution < 1.29 is 9.53 Å². The number of carbonyl (C=O) groups excluding carboxylic acids is 1. The van der Waals surface area contributed by atoms with Crippen LogP contribution in [0.3, 0.4) is 0 Å². The third-order valence-corrected chi connectivity index (χ3v) is 3.77. The zero-order valence-electron chi connectivity index (χ0n) is 11.3. The average Bonchev–Trinajstić information content (AvgIpc) is 2.41. The molecule has 1 atom stereocenters. The molecule has 0 spiro atoms. The average molecular weight is 255 g/mol. The van der Waals surface area contributed by atoms with Crippen LogP contribution in [0.15, 0.2) is 0 Å². The van der Waals surface area contributed by atoms with Crippen molar-refractivity contribution in [1.82, 2.24) is 15.5 Å². The summed E-state index contributed by atoms with van der Waals surface area (Å²) in [7, 11) is 1.86. The molecule has 1 aliphatic heterocycles. The molecule has 1 unspecified atom stereocenters. The Morgan fingerprint density at radius 3 is 2.83 bits per heavy atom. The minimum atomic E-state index is 0.0503. The van der Waals surface area contributed by atoms with Crippen molar-refractivity contribution in [1.29, 1.82) is 0 Å². The monoisotopic (exact) mass is 255 g/mol. The first kappa shape index (κ1) is 13.6. The van der Waals surface area contributed by atoms with Gasteiger partial charge in [0.1, 0.15) is 0 Å². The number of carbonyl (C=O) groups is 1. The second-order valence-corrected chi connectivity index (χ2v) is 5.39. The Balaban J connectivity index is 1.69. The number of likely N-dealkylation sites (N-methyl/N-ethyl adjacent to an activating group) is 1. The van der Waals surface area contributed by atoms with E-state index in [1.54, 1.807) is 4.90 Å². The Kier molecular flexibility index (Phi) is 5.26. The van der Waals surface area contributed by atoms with E-state index < -0.39 is 0 Å². The van der Waals surface area contributed by atoms with E-state index in [0.29, 0.717) is 19.2 Å². The maximum Gasteiger partial charge on any atom is 0.317 e. The molecule has 1 saturated heterocycles. The molecule has 1 heterocycles. The first-order chi connectivity index (χ1) is 8.75. The van der Waals surface area contributed by atoms with E-state index in [2.05, 4.69) is 10.6 Å². The van der Waals surface area contributed by atoms with E-state index in [0.717, 1.165) is 26.0 Å². The van der Waals surface area contributed by atoms with Crippen molar-refractivity contribution in [2.45, 2.75) is 44.2 Å². The van der Waals surface area contributed by atoms with Gasteiger partial charge >= 0.3 is 6.03 Å². The van der Waals surface area contributed by atoms with E-state index in [-0.39, 0.29) is 12.1 Å². The summed E-state index contributed by atoms with van der Waals surface area (Å²) >= 11 is 0. The molecular formula is C13H25N3O2. The topological polar surface area (TPSA) is 53.6 Å². The molecule has 5 heteroatoms. The molecule has 2 fully saturated rings. The fraction of sp³-hybridized carbons (Fsp3) is 0.923. The van der Waals surface area contributed by atoms with Crippen molar-refractivity contribution in [2.75, 3.05) is 33.4 Å².